The molecule has 1 N–H and O–H groups in total. The second-order valence-corrected chi connectivity index (χ2v) is 7.39. The molecule has 2 amide bonds. The normalized spacial score (nSPS) is 14.4. The van der Waals surface area contributed by atoms with Crippen LogP contribution >= 0.6 is 11.8 Å². The van der Waals surface area contributed by atoms with Crippen molar-refractivity contribution in [2.75, 3.05) is 29.9 Å². The minimum Gasteiger partial charge on any atom is -0.337 e. The minimum absolute atomic E-state index is 0.0650. The van der Waals surface area contributed by atoms with Gasteiger partial charge in [0.15, 0.2) is 0 Å². The lowest BCUT2D eigenvalue weighted by Gasteiger charge is -2.26. The molecule has 0 spiro atoms. The molecule has 0 unspecified atom stereocenters. The van der Waals surface area contributed by atoms with Crippen LogP contribution in [-0.4, -0.2) is 41.3 Å². The van der Waals surface area contributed by atoms with Crippen LogP contribution in [0.4, 0.5) is 5.69 Å². The Morgan fingerprint density at radius 2 is 1.81 bits per heavy atom. The molecule has 2 aromatic rings. The van der Waals surface area contributed by atoms with Crippen LogP contribution in [0.5, 0.6) is 0 Å². The van der Waals surface area contributed by atoms with E-state index in [-0.39, 0.29) is 11.8 Å². The van der Waals surface area contributed by atoms with Crippen molar-refractivity contribution in [3.8, 4) is 0 Å². The van der Waals surface area contributed by atoms with Crippen molar-refractivity contribution < 1.29 is 9.59 Å². The van der Waals surface area contributed by atoms with Gasteiger partial charge in [-0.2, -0.15) is 11.8 Å². The summed E-state index contributed by atoms with van der Waals surface area (Å²) in [4.78, 5) is 26.6. The molecule has 0 saturated carbocycles. The molecule has 1 aliphatic rings. The number of hydrogen-bond donors (Lipinski definition) is 1. The van der Waals surface area contributed by atoms with E-state index in [1.54, 1.807) is 18.2 Å². The van der Waals surface area contributed by atoms with Crippen LogP contribution in [0, 0.1) is 6.92 Å². The summed E-state index contributed by atoms with van der Waals surface area (Å²) in [6.45, 7) is 3.50. The minimum atomic E-state index is -0.191. The molecule has 2 aromatic carbocycles. The van der Waals surface area contributed by atoms with Crippen molar-refractivity contribution in [2.45, 2.75) is 6.92 Å². The molecule has 0 aliphatic carbocycles. The second-order valence-electron chi connectivity index (χ2n) is 6.17. The van der Waals surface area contributed by atoms with Crippen LogP contribution in [0.15, 0.2) is 54.6 Å². The first-order chi connectivity index (χ1) is 12.6. The Hall–Kier alpha value is -2.53. The van der Waals surface area contributed by atoms with E-state index < -0.39 is 0 Å². The number of nitrogens with one attached hydrogen (secondary N) is 1. The van der Waals surface area contributed by atoms with Gasteiger partial charge in [-0.25, -0.2) is 0 Å². The van der Waals surface area contributed by atoms with Crippen molar-refractivity contribution in [1.82, 2.24) is 4.90 Å². The Labute approximate surface area is 158 Å². The predicted molar refractivity (Wildman–Crippen MR) is 109 cm³/mol. The van der Waals surface area contributed by atoms with Gasteiger partial charge in [-0.1, -0.05) is 30.3 Å². The van der Waals surface area contributed by atoms with Gasteiger partial charge in [-0.3, -0.25) is 9.59 Å². The van der Waals surface area contributed by atoms with E-state index in [2.05, 4.69) is 5.32 Å². The van der Waals surface area contributed by atoms with Crippen LogP contribution in [0.2, 0.25) is 0 Å². The first kappa shape index (κ1) is 18.3. The fourth-order valence-electron chi connectivity index (χ4n) is 2.80. The molecule has 1 saturated heterocycles. The predicted octanol–water partition coefficient (Wildman–Crippen LogP) is 3.84. The highest BCUT2D eigenvalue weighted by atomic mass is 32.2. The molecule has 26 heavy (non-hydrogen) atoms. The number of aryl methyl sites for hydroxylation is 1. The van der Waals surface area contributed by atoms with Crippen LogP contribution in [0.25, 0.3) is 6.08 Å². The number of nitrogens with zero attached hydrogens (tertiary/aromatic N) is 1. The highest BCUT2D eigenvalue weighted by Gasteiger charge is 2.18. The average molecular weight is 366 g/mol. The van der Waals surface area contributed by atoms with Crippen LogP contribution < -0.4 is 5.32 Å². The van der Waals surface area contributed by atoms with E-state index >= 15 is 0 Å². The summed E-state index contributed by atoms with van der Waals surface area (Å²) in [5, 5.41) is 2.87. The molecule has 1 fully saturated rings. The van der Waals surface area contributed by atoms with Gasteiger partial charge in [0.2, 0.25) is 5.91 Å². The summed E-state index contributed by atoms with van der Waals surface area (Å²) < 4.78 is 0. The zero-order valence-corrected chi connectivity index (χ0v) is 15.6. The van der Waals surface area contributed by atoms with E-state index in [1.165, 1.54) is 6.08 Å². The highest BCUT2D eigenvalue weighted by Crippen LogP contribution is 2.19. The van der Waals surface area contributed by atoms with Gasteiger partial charge in [0, 0.05) is 41.9 Å². The average Bonchev–Trinajstić information content (AvgIpc) is 2.69. The Kier molecular flexibility index (Phi) is 6.12. The van der Waals surface area contributed by atoms with Crippen molar-refractivity contribution >= 4 is 35.3 Å². The first-order valence-electron chi connectivity index (χ1n) is 8.65. The maximum atomic E-state index is 12.6. The monoisotopic (exact) mass is 366 g/mol. The van der Waals surface area contributed by atoms with Crippen LogP contribution in [0.1, 0.15) is 21.5 Å². The molecular weight excluding hydrogens is 344 g/mol. The zero-order valence-electron chi connectivity index (χ0n) is 14.8. The zero-order chi connectivity index (χ0) is 18.4. The summed E-state index contributed by atoms with van der Waals surface area (Å²) >= 11 is 1.88. The standard InChI is InChI=1S/C21H22N2O2S/c1-16-15-18(21(25)23-11-13-26-14-12-23)8-9-19(16)22-20(24)10-7-17-5-3-2-4-6-17/h2-10,15H,11-14H2,1H3,(H,22,24)/b10-7+. The molecule has 5 heteroatoms. The smallest absolute Gasteiger partial charge is 0.253 e. The number of anilines is 1. The van der Waals surface area contributed by atoms with Gasteiger partial charge in [0.1, 0.15) is 0 Å². The van der Waals surface area contributed by atoms with Gasteiger partial charge in [-0.05, 0) is 42.3 Å². The fourth-order valence-corrected chi connectivity index (χ4v) is 3.70. The summed E-state index contributed by atoms with van der Waals surface area (Å²) in [5.74, 6) is 1.86. The first-order valence-corrected chi connectivity index (χ1v) is 9.81. The molecule has 0 radical (unpaired) electrons. The van der Waals surface area contributed by atoms with Crippen molar-refractivity contribution in [3.63, 3.8) is 0 Å². The van der Waals surface area contributed by atoms with Gasteiger partial charge >= 0.3 is 0 Å². The van der Waals surface area contributed by atoms with Gasteiger partial charge in [0.25, 0.3) is 5.91 Å². The molecule has 3 rings (SSSR count). The third-order valence-corrected chi connectivity index (χ3v) is 5.20. The number of benzene rings is 2. The summed E-state index contributed by atoms with van der Waals surface area (Å²) in [5.41, 5.74) is 3.24. The lowest BCUT2D eigenvalue weighted by Crippen LogP contribution is -2.37. The molecule has 0 atom stereocenters. The third-order valence-electron chi connectivity index (χ3n) is 4.26. The molecule has 1 heterocycles. The lowest BCUT2D eigenvalue weighted by molar-refractivity contribution is -0.111. The van der Waals surface area contributed by atoms with E-state index in [1.807, 2.05) is 60.0 Å². The van der Waals surface area contributed by atoms with Crippen LogP contribution in [-0.2, 0) is 4.79 Å². The van der Waals surface area contributed by atoms with Crippen LogP contribution in [0.3, 0.4) is 0 Å². The van der Waals surface area contributed by atoms with Gasteiger partial charge < -0.3 is 10.2 Å². The molecule has 134 valence electrons. The van der Waals surface area contributed by atoms with Crippen molar-refractivity contribution in [2.24, 2.45) is 0 Å². The van der Waals surface area contributed by atoms with E-state index in [0.717, 1.165) is 41.4 Å². The SMILES string of the molecule is Cc1cc(C(=O)N2CCSCC2)ccc1NC(=O)/C=C/c1ccccc1. The quantitative estimate of drug-likeness (QED) is 0.837. The van der Waals surface area contributed by atoms with Crippen molar-refractivity contribution in [1.29, 1.82) is 0 Å². The van der Waals surface area contributed by atoms with Gasteiger partial charge in [-0.15, -0.1) is 0 Å². The summed E-state index contributed by atoms with van der Waals surface area (Å²) in [7, 11) is 0. The number of rotatable bonds is 4. The number of hydrogen-bond acceptors (Lipinski definition) is 3. The van der Waals surface area contributed by atoms with Gasteiger partial charge in [0.05, 0.1) is 0 Å². The Morgan fingerprint density at radius 3 is 2.50 bits per heavy atom. The van der Waals surface area contributed by atoms with E-state index in [4.69, 9.17) is 0 Å². The third kappa shape index (κ3) is 4.76. The molecule has 0 aromatic heterocycles. The Morgan fingerprint density at radius 1 is 1.08 bits per heavy atom. The second kappa shape index (κ2) is 8.72. The maximum absolute atomic E-state index is 12.6. The summed E-state index contributed by atoms with van der Waals surface area (Å²) in [6, 6.07) is 15.1. The molecular formula is C21H22N2O2S. The number of carbonyl (C=O) groups excluding carboxylic acids is 2. The number of carbonyl (C=O) groups is 2. The maximum Gasteiger partial charge on any atom is 0.253 e. The Balaban J connectivity index is 1.64. The molecule has 1 aliphatic heterocycles. The summed E-state index contributed by atoms with van der Waals surface area (Å²) in [6.07, 6.45) is 3.29. The molecule has 4 nitrogen and oxygen atoms in total. The molecule has 0 bridgehead atoms. The number of thioether (sulfide) groups is 1. The van der Waals surface area contributed by atoms with E-state index in [9.17, 15) is 9.59 Å². The fraction of sp³-hybridized carbons (Fsp3) is 0.238. The van der Waals surface area contributed by atoms with Crippen molar-refractivity contribution in [3.05, 3.63) is 71.3 Å². The Bertz CT molecular complexity index is 812. The lowest BCUT2D eigenvalue weighted by atomic mass is 10.1. The largest absolute Gasteiger partial charge is 0.337 e. The number of amides is 2. The van der Waals surface area contributed by atoms with E-state index in [0.29, 0.717) is 5.56 Å². The topological polar surface area (TPSA) is 49.4 Å². The highest BCUT2D eigenvalue weighted by molar-refractivity contribution is 7.99.